The van der Waals surface area contributed by atoms with Gasteiger partial charge >= 0.3 is 5.97 Å². The van der Waals surface area contributed by atoms with Crippen molar-refractivity contribution in [3.8, 4) is 0 Å². The zero-order valence-corrected chi connectivity index (χ0v) is 28.7. The highest BCUT2D eigenvalue weighted by atomic mass is 16.5. The van der Waals surface area contributed by atoms with E-state index in [-0.39, 0.29) is 54.5 Å². The van der Waals surface area contributed by atoms with Gasteiger partial charge in [-0.05, 0) is 30.2 Å². The molecule has 0 bridgehead atoms. The summed E-state index contributed by atoms with van der Waals surface area (Å²) in [5.41, 5.74) is 7.10. The number of likely N-dealkylation sites (N-methyl/N-ethyl adjacent to an activating group) is 1. The van der Waals surface area contributed by atoms with E-state index in [1.54, 1.807) is 30.9 Å². The number of carbonyl (C=O) groups excluding carboxylic acids is 4. The van der Waals surface area contributed by atoms with Gasteiger partial charge in [0, 0.05) is 34.2 Å². The minimum Gasteiger partial charge on any atom is -0.467 e. The van der Waals surface area contributed by atoms with Gasteiger partial charge < -0.3 is 35.1 Å². The second kappa shape index (κ2) is 18.2. The number of nitrogens with one attached hydrogen (secondary N) is 1. The van der Waals surface area contributed by atoms with E-state index in [0.29, 0.717) is 13.0 Å². The van der Waals surface area contributed by atoms with Crippen LogP contribution in [0, 0.1) is 17.8 Å². The van der Waals surface area contributed by atoms with Crippen molar-refractivity contribution in [1.82, 2.24) is 15.1 Å². The average molecular weight is 633 g/mol. The fourth-order valence-corrected chi connectivity index (χ4v) is 6.31. The lowest BCUT2D eigenvalue weighted by Gasteiger charge is -2.40. The van der Waals surface area contributed by atoms with Crippen molar-refractivity contribution in [2.24, 2.45) is 23.5 Å². The van der Waals surface area contributed by atoms with Gasteiger partial charge in [0.15, 0.2) is 0 Å². The lowest BCUT2D eigenvalue weighted by atomic mass is 9.89. The van der Waals surface area contributed by atoms with E-state index in [9.17, 15) is 19.2 Å². The van der Waals surface area contributed by atoms with Crippen LogP contribution in [-0.4, -0.2) is 105 Å². The second-order valence-corrected chi connectivity index (χ2v) is 12.6. The maximum Gasteiger partial charge on any atom is 0.328 e. The Kier molecular flexibility index (Phi) is 15.4. The number of nitrogens with two attached hydrogens (primary N) is 1. The molecule has 254 valence electrons. The Hall–Kier alpha value is -3.02. The molecule has 2 unspecified atom stereocenters. The number of methoxy groups -OCH3 is 3. The average Bonchev–Trinajstić information content (AvgIpc) is 3.52. The molecule has 3 amide bonds. The standard InChI is InChI=1S/C34H56N4O7/c1-10-22(4)30(37(6)33(41)29(35)21(2)3)27(43-7)20-28(39)38-18-14-17-26(38)31(44-8)23(5)32(40)36-25(34(42)45-9)19-24-15-12-11-13-16-24/h11-13,15-16,21-23,25-27,29-31H,10,14,17-20,35H2,1-9H3,(H,36,40)/t22-,23?,25-,26-,27+,29-,30-,31?/m0/s1. The van der Waals surface area contributed by atoms with Crippen LogP contribution in [0.5, 0.6) is 0 Å². The van der Waals surface area contributed by atoms with Crippen molar-refractivity contribution < 1.29 is 33.4 Å². The lowest BCUT2D eigenvalue weighted by molar-refractivity contribution is -0.148. The van der Waals surface area contributed by atoms with Gasteiger partial charge in [-0.15, -0.1) is 0 Å². The molecule has 1 aromatic carbocycles. The molecule has 1 aromatic rings. The summed E-state index contributed by atoms with van der Waals surface area (Å²) in [7, 11) is 6.12. The number of rotatable bonds is 17. The molecule has 1 saturated heterocycles. The Balaban J connectivity index is 2.22. The molecular formula is C34H56N4O7. The van der Waals surface area contributed by atoms with Crippen LogP contribution in [0.4, 0.5) is 0 Å². The van der Waals surface area contributed by atoms with Gasteiger partial charge in [-0.2, -0.15) is 0 Å². The molecule has 3 N–H and O–H groups in total. The Bertz CT molecular complexity index is 1100. The Morgan fingerprint density at radius 2 is 1.69 bits per heavy atom. The summed E-state index contributed by atoms with van der Waals surface area (Å²) in [4.78, 5) is 56.6. The van der Waals surface area contributed by atoms with Crippen molar-refractivity contribution in [2.75, 3.05) is 34.9 Å². The van der Waals surface area contributed by atoms with Crippen LogP contribution < -0.4 is 11.1 Å². The number of hydrogen-bond acceptors (Lipinski definition) is 8. The summed E-state index contributed by atoms with van der Waals surface area (Å²) in [6.45, 7) is 10.2. The van der Waals surface area contributed by atoms with Gasteiger partial charge in [0.05, 0.1) is 49.8 Å². The van der Waals surface area contributed by atoms with E-state index >= 15 is 0 Å². The van der Waals surface area contributed by atoms with E-state index in [4.69, 9.17) is 19.9 Å². The monoisotopic (exact) mass is 632 g/mol. The quantitative estimate of drug-likeness (QED) is 0.250. The van der Waals surface area contributed by atoms with E-state index in [2.05, 4.69) is 5.32 Å². The van der Waals surface area contributed by atoms with Crippen LogP contribution in [0.25, 0.3) is 0 Å². The van der Waals surface area contributed by atoms with Gasteiger partial charge in [0.2, 0.25) is 17.7 Å². The molecule has 0 saturated carbocycles. The maximum absolute atomic E-state index is 13.9. The lowest BCUT2D eigenvalue weighted by Crippen LogP contribution is -2.56. The first kappa shape index (κ1) is 38.2. The largest absolute Gasteiger partial charge is 0.467 e. The molecule has 1 aliphatic heterocycles. The maximum atomic E-state index is 13.9. The molecule has 8 atom stereocenters. The Labute approximate surface area is 269 Å². The number of benzene rings is 1. The molecule has 1 heterocycles. The Morgan fingerprint density at radius 3 is 2.22 bits per heavy atom. The topological polar surface area (TPSA) is 141 Å². The number of likely N-dealkylation sites (tertiary alicyclic amines) is 1. The van der Waals surface area contributed by atoms with Gasteiger partial charge in [0.25, 0.3) is 0 Å². The van der Waals surface area contributed by atoms with Crippen molar-refractivity contribution in [2.45, 2.75) is 103 Å². The van der Waals surface area contributed by atoms with E-state index in [1.165, 1.54) is 14.2 Å². The first-order valence-electron chi connectivity index (χ1n) is 16.1. The SMILES string of the molecule is CC[C@H](C)[C@@H]([C@@H](CC(=O)N1CCC[C@H]1C(OC)C(C)C(=O)N[C@@H](Cc1ccccc1)C(=O)OC)OC)N(C)C(=O)[C@@H](N)C(C)C. The molecule has 0 aliphatic carbocycles. The first-order chi connectivity index (χ1) is 21.3. The van der Waals surface area contributed by atoms with Crippen LogP contribution in [0.1, 0.15) is 65.9 Å². The van der Waals surface area contributed by atoms with E-state index < -0.39 is 36.2 Å². The number of ether oxygens (including phenoxy) is 3. The van der Waals surface area contributed by atoms with Gasteiger partial charge in [-0.1, -0.05) is 71.4 Å². The fourth-order valence-electron chi connectivity index (χ4n) is 6.31. The van der Waals surface area contributed by atoms with Crippen molar-refractivity contribution in [3.63, 3.8) is 0 Å². The van der Waals surface area contributed by atoms with E-state index in [0.717, 1.165) is 18.4 Å². The second-order valence-electron chi connectivity index (χ2n) is 12.6. The molecular weight excluding hydrogens is 576 g/mol. The number of amides is 3. The van der Waals surface area contributed by atoms with Gasteiger partial charge in [-0.25, -0.2) is 4.79 Å². The molecule has 1 aliphatic rings. The zero-order valence-electron chi connectivity index (χ0n) is 28.7. The molecule has 11 heteroatoms. The van der Waals surface area contributed by atoms with Crippen LogP contribution in [-0.2, 0) is 39.8 Å². The third kappa shape index (κ3) is 9.98. The zero-order chi connectivity index (χ0) is 33.8. The highest BCUT2D eigenvalue weighted by Gasteiger charge is 2.42. The van der Waals surface area contributed by atoms with Crippen LogP contribution in [0.2, 0.25) is 0 Å². The van der Waals surface area contributed by atoms with Crippen LogP contribution in [0.3, 0.4) is 0 Å². The molecule has 11 nitrogen and oxygen atoms in total. The Morgan fingerprint density at radius 1 is 1.04 bits per heavy atom. The molecule has 0 radical (unpaired) electrons. The van der Waals surface area contributed by atoms with Crippen LogP contribution >= 0.6 is 0 Å². The smallest absolute Gasteiger partial charge is 0.328 e. The molecule has 0 aromatic heterocycles. The van der Waals surface area contributed by atoms with Gasteiger partial charge in [0.1, 0.15) is 6.04 Å². The molecule has 1 fully saturated rings. The minimum absolute atomic E-state index is 0.0306. The fraction of sp³-hybridized carbons (Fsp3) is 0.706. The first-order valence-corrected chi connectivity index (χ1v) is 16.1. The molecule has 45 heavy (non-hydrogen) atoms. The number of nitrogens with zero attached hydrogens (tertiary/aromatic N) is 2. The van der Waals surface area contributed by atoms with Crippen molar-refractivity contribution >= 4 is 23.7 Å². The number of hydrogen-bond donors (Lipinski definition) is 2. The van der Waals surface area contributed by atoms with Gasteiger partial charge in [-0.3, -0.25) is 14.4 Å². The molecule has 2 rings (SSSR count). The summed E-state index contributed by atoms with van der Waals surface area (Å²) < 4.78 is 16.7. The summed E-state index contributed by atoms with van der Waals surface area (Å²) in [5, 5.41) is 2.85. The summed E-state index contributed by atoms with van der Waals surface area (Å²) in [5.74, 6) is -1.84. The highest BCUT2D eigenvalue weighted by molar-refractivity contribution is 5.86. The summed E-state index contributed by atoms with van der Waals surface area (Å²) in [6.07, 6.45) is 1.40. The highest BCUT2D eigenvalue weighted by Crippen LogP contribution is 2.29. The summed E-state index contributed by atoms with van der Waals surface area (Å²) in [6, 6.07) is 7.18. The predicted octanol–water partition coefficient (Wildman–Crippen LogP) is 2.79. The minimum atomic E-state index is -0.866. The van der Waals surface area contributed by atoms with Crippen molar-refractivity contribution in [1.29, 1.82) is 0 Å². The summed E-state index contributed by atoms with van der Waals surface area (Å²) >= 11 is 0. The van der Waals surface area contributed by atoms with E-state index in [1.807, 2.05) is 58.0 Å². The van der Waals surface area contributed by atoms with Crippen molar-refractivity contribution in [3.05, 3.63) is 35.9 Å². The normalized spacial score (nSPS) is 19.6. The van der Waals surface area contributed by atoms with Crippen LogP contribution in [0.15, 0.2) is 30.3 Å². The third-order valence-corrected chi connectivity index (χ3v) is 9.35. The number of esters is 1. The third-order valence-electron chi connectivity index (χ3n) is 9.35. The predicted molar refractivity (Wildman–Crippen MR) is 173 cm³/mol. The number of carbonyl (C=O) groups is 4. The molecule has 0 spiro atoms.